The van der Waals surface area contributed by atoms with Crippen LogP contribution in [-0.2, 0) is 34.2 Å². The predicted molar refractivity (Wildman–Crippen MR) is 154 cm³/mol. The van der Waals surface area contributed by atoms with Gasteiger partial charge in [-0.3, -0.25) is 14.4 Å². The number of methoxy groups -OCH3 is 1. The third kappa shape index (κ3) is 7.33. The lowest BCUT2D eigenvalue weighted by Gasteiger charge is -2.43. The van der Waals surface area contributed by atoms with Crippen LogP contribution in [0.4, 0.5) is 4.79 Å². The van der Waals surface area contributed by atoms with Crippen LogP contribution in [-0.4, -0.2) is 63.3 Å². The van der Waals surface area contributed by atoms with Crippen LogP contribution >= 0.6 is 0 Å². The maximum absolute atomic E-state index is 12.7. The summed E-state index contributed by atoms with van der Waals surface area (Å²) in [4.78, 5) is 26.9. The van der Waals surface area contributed by atoms with E-state index in [4.69, 9.17) is 14.6 Å². The van der Waals surface area contributed by atoms with Gasteiger partial charge in [0.25, 0.3) is 0 Å². The third-order valence-electron chi connectivity index (χ3n) is 8.29. The summed E-state index contributed by atoms with van der Waals surface area (Å²) in [5.41, 5.74) is 2.76. The van der Waals surface area contributed by atoms with Crippen molar-refractivity contribution in [2.24, 2.45) is 30.7 Å². The third-order valence-corrected chi connectivity index (χ3v) is 8.29. The molecule has 0 unspecified atom stereocenters. The highest BCUT2D eigenvalue weighted by atomic mass is 16.6. The molecule has 1 aliphatic rings. The van der Waals surface area contributed by atoms with Crippen LogP contribution < -0.4 is 0 Å². The molecule has 2 aromatic rings. The predicted octanol–water partition coefficient (Wildman–Crippen LogP) is 6.09. The highest BCUT2D eigenvalue weighted by Crippen LogP contribution is 2.37. The number of hydrogen-bond donors (Lipinski definition) is 1. The van der Waals surface area contributed by atoms with E-state index >= 15 is 0 Å². The minimum atomic E-state index is -0.975. The molecule has 0 spiro atoms. The molecule has 1 aromatic carbocycles. The van der Waals surface area contributed by atoms with Gasteiger partial charge in [-0.25, -0.2) is 4.79 Å². The Bertz CT molecular complexity index is 1130. The van der Waals surface area contributed by atoms with Crippen LogP contribution in [0, 0.1) is 23.7 Å². The Kier molecular flexibility index (Phi) is 10.1. The number of ether oxygens (including phenoxy) is 2. The molecule has 1 amide bonds. The van der Waals surface area contributed by atoms with Crippen molar-refractivity contribution in [1.29, 1.82) is 0 Å². The van der Waals surface area contributed by atoms with E-state index in [1.54, 1.807) is 7.11 Å². The molecule has 0 bridgehead atoms. The summed E-state index contributed by atoms with van der Waals surface area (Å²) in [7, 11) is 3.69. The standard InChI is InChI=1S/C31H49N3O5/c1-19(2)22(15-21-12-13-26-24(16-21)25(32-33(26)8)11-10-14-38-9)17-27(34(30(36)37)31(5,6)7)28-18-23(20(3)4)29(35)39-28/h12-13,16,19-20,22-23,27-28H,10-11,14-15,17-18H2,1-9H3,(H,36,37)/t22-,23+,27+,28+/m1/s1. The van der Waals surface area contributed by atoms with Gasteiger partial charge in [-0.2, -0.15) is 5.10 Å². The van der Waals surface area contributed by atoms with E-state index in [-0.39, 0.29) is 23.7 Å². The number of aryl methyl sites for hydroxylation is 2. The van der Waals surface area contributed by atoms with Gasteiger partial charge >= 0.3 is 12.1 Å². The molecule has 8 heteroatoms. The second kappa shape index (κ2) is 12.7. The number of carbonyl (C=O) groups excluding carboxylic acids is 1. The largest absolute Gasteiger partial charge is 0.465 e. The van der Waals surface area contributed by atoms with Crippen LogP contribution in [0.1, 0.15) is 79.0 Å². The number of nitrogens with zero attached hydrogens (tertiary/aromatic N) is 3. The first-order chi connectivity index (χ1) is 18.2. The molecule has 0 aliphatic carbocycles. The van der Waals surface area contributed by atoms with Crippen LogP contribution in [0.25, 0.3) is 10.9 Å². The van der Waals surface area contributed by atoms with Crippen LogP contribution in [0.2, 0.25) is 0 Å². The Morgan fingerprint density at radius 1 is 1.26 bits per heavy atom. The van der Waals surface area contributed by atoms with Crippen LogP contribution in [0.3, 0.4) is 0 Å². The van der Waals surface area contributed by atoms with Gasteiger partial charge in [-0.1, -0.05) is 33.8 Å². The SMILES string of the molecule is COCCCc1nn(C)c2ccc(C[C@H](C[C@@H]([C@@H]3C[C@@H](C(C)C)C(=O)O3)N(C(=O)O)C(C)(C)C)C(C)C)cc12. The number of carbonyl (C=O) groups is 2. The van der Waals surface area contributed by atoms with Gasteiger partial charge in [0.2, 0.25) is 0 Å². The molecule has 39 heavy (non-hydrogen) atoms. The number of fused-ring (bicyclic) bond motifs is 1. The smallest absolute Gasteiger partial charge is 0.408 e. The van der Waals surface area contributed by atoms with Crippen molar-refractivity contribution in [3.8, 4) is 0 Å². The summed E-state index contributed by atoms with van der Waals surface area (Å²) in [5.74, 6) is 0.258. The van der Waals surface area contributed by atoms with Gasteiger partial charge in [0, 0.05) is 31.7 Å². The second-order valence-electron chi connectivity index (χ2n) is 12.9. The molecular weight excluding hydrogens is 494 g/mol. The fourth-order valence-corrected chi connectivity index (χ4v) is 6.05. The summed E-state index contributed by atoms with van der Waals surface area (Å²) >= 11 is 0. The molecule has 4 atom stereocenters. The number of rotatable bonds is 12. The van der Waals surface area contributed by atoms with Crippen molar-refractivity contribution in [2.75, 3.05) is 13.7 Å². The first kappa shape index (κ1) is 30.9. The summed E-state index contributed by atoms with van der Waals surface area (Å²) in [6, 6.07) is 6.13. The minimum absolute atomic E-state index is 0.154. The molecule has 1 fully saturated rings. The second-order valence-corrected chi connectivity index (χ2v) is 12.9. The fraction of sp³-hybridized carbons (Fsp3) is 0.710. The Hall–Kier alpha value is -2.61. The summed E-state index contributed by atoms with van der Waals surface area (Å²) < 4.78 is 13.1. The summed E-state index contributed by atoms with van der Waals surface area (Å²) in [6.45, 7) is 14.9. The molecule has 1 saturated heterocycles. The molecule has 218 valence electrons. The van der Waals surface area contributed by atoms with E-state index in [0.717, 1.165) is 35.9 Å². The number of amides is 1. The van der Waals surface area contributed by atoms with E-state index in [9.17, 15) is 14.7 Å². The maximum atomic E-state index is 12.7. The molecule has 2 heterocycles. The summed E-state index contributed by atoms with van der Waals surface area (Å²) in [6.07, 6.45) is 2.33. The molecule has 1 N–H and O–H groups in total. The van der Waals surface area contributed by atoms with E-state index in [2.05, 4.69) is 32.0 Å². The molecule has 3 rings (SSSR count). The molecule has 1 aliphatic heterocycles. The van der Waals surface area contributed by atoms with Gasteiger partial charge < -0.3 is 14.6 Å². The van der Waals surface area contributed by atoms with E-state index < -0.39 is 23.8 Å². The highest BCUT2D eigenvalue weighted by Gasteiger charge is 2.46. The Labute approximate surface area is 234 Å². The van der Waals surface area contributed by atoms with Crippen LogP contribution in [0.15, 0.2) is 18.2 Å². The number of benzene rings is 1. The average molecular weight is 544 g/mol. The quantitative estimate of drug-likeness (QED) is 0.257. The van der Waals surface area contributed by atoms with E-state index in [1.165, 1.54) is 10.5 Å². The normalized spacial score (nSPS) is 19.6. The monoisotopic (exact) mass is 543 g/mol. The molecule has 0 radical (unpaired) electrons. The number of hydrogen-bond acceptors (Lipinski definition) is 5. The van der Waals surface area contributed by atoms with Crippen molar-refractivity contribution < 1.29 is 24.2 Å². The first-order valence-electron chi connectivity index (χ1n) is 14.4. The van der Waals surface area contributed by atoms with E-state index in [0.29, 0.717) is 25.4 Å². The van der Waals surface area contributed by atoms with Crippen molar-refractivity contribution in [1.82, 2.24) is 14.7 Å². The summed E-state index contributed by atoms with van der Waals surface area (Å²) in [5, 5.41) is 16.2. The van der Waals surface area contributed by atoms with Crippen molar-refractivity contribution >= 4 is 23.0 Å². The number of cyclic esters (lactones) is 1. The van der Waals surface area contributed by atoms with Crippen molar-refractivity contribution in [2.45, 2.75) is 98.3 Å². The molecule has 1 aromatic heterocycles. The zero-order valence-electron chi connectivity index (χ0n) is 25.4. The topological polar surface area (TPSA) is 93.9 Å². The number of aromatic nitrogens is 2. The van der Waals surface area contributed by atoms with Crippen LogP contribution in [0.5, 0.6) is 0 Å². The minimum Gasteiger partial charge on any atom is -0.465 e. The molecule has 8 nitrogen and oxygen atoms in total. The van der Waals surface area contributed by atoms with E-state index in [1.807, 2.05) is 46.3 Å². The first-order valence-corrected chi connectivity index (χ1v) is 14.4. The maximum Gasteiger partial charge on any atom is 0.408 e. The lowest BCUT2D eigenvalue weighted by molar-refractivity contribution is -0.148. The van der Waals surface area contributed by atoms with Gasteiger partial charge in [0.05, 0.1) is 23.2 Å². The highest BCUT2D eigenvalue weighted by molar-refractivity contribution is 5.82. The molecule has 0 saturated carbocycles. The van der Waals surface area contributed by atoms with Gasteiger partial charge in [0.1, 0.15) is 6.10 Å². The Morgan fingerprint density at radius 3 is 2.49 bits per heavy atom. The average Bonchev–Trinajstić information content (AvgIpc) is 3.36. The van der Waals surface area contributed by atoms with Gasteiger partial charge in [-0.15, -0.1) is 0 Å². The Balaban J connectivity index is 1.93. The van der Waals surface area contributed by atoms with Crippen molar-refractivity contribution in [3.63, 3.8) is 0 Å². The molecular formula is C31H49N3O5. The van der Waals surface area contributed by atoms with Crippen molar-refractivity contribution in [3.05, 3.63) is 29.5 Å². The zero-order chi connectivity index (χ0) is 29.1. The number of carboxylic acid groups (broad SMARTS) is 1. The van der Waals surface area contributed by atoms with Gasteiger partial charge in [0.15, 0.2) is 0 Å². The fourth-order valence-electron chi connectivity index (χ4n) is 6.05. The van der Waals surface area contributed by atoms with Gasteiger partial charge in [-0.05, 0) is 88.3 Å². The lowest BCUT2D eigenvalue weighted by Crippen LogP contribution is -2.56. The lowest BCUT2D eigenvalue weighted by atomic mass is 9.80. The Morgan fingerprint density at radius 2 is 1.95 bits per heavy atom. The number of esters is 1. The zero-order valence-corrected chi connectivity index (χ0v) is 25.4.